The second-order valence-corrected chi connectivity index (χ2v) is 3.41. The van der Waals surface area contributed by atoms with Crippen LogP contribution >= 0.6 is 0 Å². The number of rotatable bonds is 1. The topological polar surface area (TPSA) is 35.8 Å². The maximum absolute atomic E-state index is 8.91. The summed E-state index contributed by atoms with van der Waals surface area (Å²) in [7, 11) is 0. The van der Waals surface area contributed by atoms with Crippen molar-refractivity contribution in [1.29, 1.82) is 5.26 Å². The summed E-state index contributed by atoms with van der Waals surface area (Å²) in [6.07, 6.45) is 0. The molecule has 2 nitrogen and oxygen atoms in total. The zero-order chi connectivity index (χ0) is 9.10. The monoisotopic (exact) mass is 172 g/mol. The Balaban J connectivity index is 2.22. The van der Waals surface area contributed by atoms with Crippen molar-refractivity contribution in [1.82, 2.24) is 5.32 Å². The highest BCUT2D eigenvalue weighted by molar-refractivity contribution is 5.24. The van der Waals surface area contributed by atoms with Crippen LogP contribution in [0.15, 0.2) is 30.3 Å². The lowest BCUT2D eigenvalue weighted by Gasteiger charge is -2.11. The molecule has 0 saturated carbocycles. The third-order valence-corrected chi connectivity index (χ3v) is 2.61. The fraction of sp³-hybridized carbons (Fsp3) is 0.364. The number of nitrogens with zero attached hydrogens (tertiary/aromatic N) is 1. The molecule has 1 saturated heterocycles. The van der Waals surface area contributed by atoms with E-state index in [1.54, 1.807) is 0 Å². The molecule has 1 aliphatic rings. The number of nitrogens with one attached hydrogen (secondary N) is 1. The highest BCUT2D eigenvalue weighted by atomic mass is 14.9. The fourth-order valence-electron chi connectivity index (χ4n) is 1.86. The Labute approximate surface area is 78.2 Å². The van der Waals surface area contributed by atoms with Crippen LogP contribution in [0.3, 0.4) is 0 Å². The molecule has 2 heteroatoms. The molecule has 1 aromatic rings. The van der Waals surface area contributed by atoms with E-state index in [4.69, 9.17) is 5.26 Å². The zero-order valence-corrected chi connectivity index (χ0v) is 7.40. The minimum Gasteiger partial charge on any atom is -0.315 e. The molecule has 0 spiro atoms. The molecule has 0 bridgehead atoms. The van der Waals surface area contributed by atoms with Gasteiger partial charge in [0.15, 0.2) is 0 Å². The van der Waals surface area contributed by atoms with Crippen LogP contribution in [-0.4, -0.2) is 13.1 Å². The SMILES string of the molecule is N#C[C@H]1CNC[C@@H]1c1ccccc1. The maximum Gasteiger partial charge on any atom is 0.0676 e. The average molecular weight is 172 g/mol. The van der Waals surface area contributed by atoms with Crippen LogP contribution in [0, 0.1) is 17.2 Å². The average Bonchev–Trinajstić information content (AvgIpc) is 2.67. The van der Waals surface area contributed by atoms with E-state index in [1.807, 2.05) is 18.2 Å². The highest BCUT2D eigenvalue weighted by Crippen LogP contribution is 2.26. The predicted octanol–water partition coefficient (Wildman–Crippen LogP) is 1.51. The zero-order valence-electron chi connectivity index (χ0n) is 7.40. The first kappa shape index (κ1) is 8.28. The predicted molar refractivity (Wildman–Crippen MR) is 51.2 cm³/mol. The normalized spacial score (nSPS) is 27.0. The molecule has 13 heavy (non-hydrogen) atoms. The van der Waals surface area contributed by atoms with E-state index in [9.17, 15) is 0 Å². The second kappa shape index (κ2) is 3.59. The van der Waals surface area contributed by atoms with E-state index in [0.29, 0.717) is 5.92 Å². The van der Waals surface area contributed by atoms with Crippen LogP contribution in [0.2, 0.25) is 0 Å². The van der Waals surface area contributed by atoms with E-state index in [0.717, 1.165) is 13.1 Å². The standard InChI is InChI=1S/C11H12N2/c12-6-10-7-13-8-11(10)9-4-2-1-3-5-9/h1-5,10-11,13H,7-8H2/t10-,11+/m0/s1. The molecule has 1 aromatic carbocycles. The number of hydrogen-bond acceptors (Lipinski definition) is 2. The first-order chi connectivity index (χ1) is 6.42. The lowest BCUT2D eigenvalue weighted by molar-refractivity contribution is 0.646. The molecule has 1 aliphatic heterocycles. The Morgan fingerprint density at radius 3 is 2.69 bits per heavy atom. The molecule has 0 amide bonds. The van der Waals surface area contributed by atoms with Crippen LogP contribution < -0.4 is 5.32 Å². The first-order valence-corrected chi connectivity index (χ1v) is 4.57. The molecule has 1 fully saturated rings. The molecular formula is C11H12N2. The molecule has 0 unspecified atom stereocenters. The van der Waals surface area contributed by atoms with Gasteiger partial charge in [0.25, 0.3) is 0 Å². The summed E-state index contributed by atoms with van der Waals surface area (Å²) in [5.74, 6) is 0.522. The van der Waals surface area contributed by atoms with Crippen molar-refractivity contribution >= 4 is 0 Å². The Morgan fingerprint density at radius 1 is 1.23 bits per heavy atom. The molecule has 2 atom stereocenters. The van der Waals surface area contributed by atoms with Gasteiger partial charge < -0.3 is 5.32 Å². The molecular weight excluding hydrogens is 160 g/mol. The molecule has 1 N–H and O–H groups in total. The van der Waals surface area contributed by atoms with Crippen molar-refractivity contribution in [3.63, 3.8) is 0 Å². The third-order valence-electron chi connectivity index (χ3n) is 2.61. The van der Waals surface area contributed by atoms with Crippen molar-refractivity contribution in [3.05, 3.63) is 35.9 Å². The largest absolute Gasteiger partial charge is 0.315 e. The molecule has 2 rings (SSSR count). The summed E-state index contributed by atoms with van der Waals surface area (Å²) in [6.45, 7) is 1.76. The Bertz CT molecular complexity index is 313. The van der Waals surface area contributed by atoms with Gasteiger partial charge in [0.05, 0.1) is 12.0 Å². The van der Waals surface area contributed by atoms with Crippen molar-refractivity contribution in [2.75, 3.05) is 13.1 Å². The lowest BCUT2D eigenvalue weighted by Crippen LogP contribution is -2.07. The summed E-state index contributed by atoms with van der Waals surface area (Å²) in [5, 5.41) is 12.2. The van der Waals surface area contributed by atoms with Gasteiger partial charge in [-0.2, -0.15) is 5.26 Å². The van der Waals surface area contributed by atoms with Crippen LogP contribution in [0.25, 0.3) is 0 Å². The van der Waals surface area contributed by atoms with Gasteiger partial charge in [-0.05, 0) is 5.56 Å². The summed E-state index contributed by atoms with van der Waals surface area (Å²) < 4.78 is 0. The fourth-order valence-corrected chi connectivity index (χ4v) is 1.86. The summed E-state index contributed by atoms with van der Waals surface area (Å²) in [6, 6.07) is 12.6. The van der Waals surface area contributed by atoms with Gasteiger partial charge in [-0.3, -0.25) is 0 Å². The van der Waals surface area contributed by atoms with E-state index >= 15 is 0 Å². The minimum absolute atomic E-state index is 0.141. The van der Waals surface area contributed by atoms with E-state index in [2.05, 4.69) is 23.5 Å². The Kier molecular flexibility index (Phi) is 2.29. The van der Waals surface area contributed by atoms with E-state index < -0.39 is 0 Å². The third kappa shape index (κ3) is 1.56. The van der Waals surface area contributed by atoms with Crippen LogP contribution in [0.4, 0.5) is 0 Å². The molecule has 0 radical (unpaired) electrons. The minimum atomic E-state index is 0.141. The van der Waals surface area contributed by atoms with Crippen molar-refractivity contribution in [3.8, 4) is 6.07 Å². The van der Waals surface area contributed by atoms with Crippen molar-refractivity contribution in [2.24, 2.45) is 5.92 Å². The Morgan fingerprint density at radius 2 is 2.00 bits per heavy atom. The van der Waals surface area contributed by atoms with Crippen LogP contribution in [0.1, 0.15) is 11.5 Å². The van der Waals surface area contributed by atoms with E-state index in [1.165, 1.54) is 5.56 Å². The van der Waals surface area contributed by atoms with Gasteiger partial charge in [0, 0.05) is 19.0 Å². The van der Waals surface area contributed by atoms with Crippen LogP contribution in [-0.2, 0) is 0 Å². The quantitative estimate of drug-likeness (QED) is 0.697. The summed E-state index contributed by atoms with van der Waals surface area (Å²) in [4.78, 5) is 0. The first-order valence-electron chi connectivity index (χ1n) is 4.57. The Hall–Kier alpha value is -1.33. The second-order valence-electron chi connectivity index (χ2n) is 3.41. The van der Waals surface area contributed by atoms with Crippen molar-refractivity contribution < 1.29 is 0 Å². The smallest absolute Gasteiger partial charge is 0.0676 e. The summed E-state index contributed by atoms with van der Waals surface area (Å²) in [5.41, 5.74) is 1.28. The molecule has 0 aliphatic carbocycles. The number of hydrogen-bond donors (Lipinski definition) is 1. The molecule has 1 heterocycles. The van der Waals surface area contributed by atoms with Crippen molar-refractivity contribution in [2.45, 2.75) is 5.92 Å². The maximum atomic E-state index is 8.91. The number of nitriles is 1. The van der Waals surface area contributed by atoms with Gasteiger partial charge in [-0.15, -0.1) is 0 Å². The van der Waals surface area contributed by atoms with Gasteiger partial charge in [0.1, 0.15) is 0 Å². The number of benzene rings is 1. The van der Waals surface area contributed by atoms with Gasteiger partial charge >= 0.3 is 0 Å². The highest BCUT2D eigenvalue weighted by Gasteiger charge is 2.27. The lowest BCUT2D eigenvalue weighted by atomic mass is 9.90. The van der Waals surface area contributed by atoms with Crippen LogP contribution in [0.5, 0.6) is 0 Å². The van der Waals surface area contributed by atoms with Gasteiger partial charge in [-0.25, -0.2) is 0 Å². The summed E-state index contributed by atoms with van der Waals surface area (Å²) >= 11 is 0. The van der Waals surface area contributed by atoms with Gasteiger partial charge in [0.2, 0.25) is 0 Å². The van der Waals surface area contributed by atoms with E-state index in [-0.39, 0.29) is 5.92 Å². The van der Waals surface area contributed by atoms with Gasteiger partial charge in [-0.1, -0.05) is 30.3 Å². The molecule has 0 aromatic heterocycles. The molecule has 66 valence electrons.